The highest BCUT2D eigenvalue weighted by molar-refractivity contribution is 8.15. The Kier molecular flexibility index (Phi) is 16.8. The van der Waals surface area contributed by atoms with Crippen molar-refractivity contribution >= 4 is 28.9 Å². The van der Waals surface area contributed by atoms with Gasteiger partial charge in [-0.25, -0.2) is 13.6 Å². The lowest BCUT2D eigenvalue weighted by Crippen LogP contribution is -2.57. The number of carbonyl (C=O) groups is 3. The van der Waals surface area contributed by atoms with E-state index in [1.807, 2.05) is 74.5 Å². The van der Waals surface area contributed by atoms with Gasteiger partial charge in [0.2, 0.25) is 11.8 Å². The predicted molar refractivity (Wildman–Crippen MR) is 200 cm³/mol. The molecule has 2 amide bonds. The number of aliphatic carboxylic acids is 1. The first-order valence-corrected chi connectivity index (χ1v) is 19.3. The minimum atomic E-state index is -2.65. The number of unbranched alkanes of at least 4 members (excludes halogenated alkanes) is 8. The first-order chi connectivity index (χ1) is 24.4. The maximum Gasteiger partial charge on any atom is 0.336 e. The average Bonchev–Trinajstić information content (AvgIpc) is 3.44. The van der Waals surface area contributed by atoms with E-state index < -0.39 is 45.3 Å². The number of thioether (sulfide) groups is 1. The van der Waals surface area contributed by atoms with Crippen LogP contribution in [-0.2, 0) is 19.1 Å². The van der Waals surface area contributed by atoms with Gasteiger partial charge in [-0.15, -0.1) is 0 Å². The molecule has 0 spiro atoms. The lowest BCUT2D eigenvalue weighted by Gasteiger charge is -2.41. The molecule has 51 heavy (non-hydrogen) atoms. The molecule has 2 aromatic carbocycles. The molecule has 1 aliphatic rings. The summed E-state index contributed by atoms with van der Waals surface area (Å²) in [6, 6.07) is 18.3. The first-order valence-electron chi connectivity index (χ1n) is 18.5. The molecule has 1 aliphatic heterocycles. The molecule has 0 saturated carbocycles. The number of imide groups is 1. The third-order valence-corrected chi connectivity index (χ3v) is 11.3. The van der Waals surface area contributed by atoms with Gasteiger partial charge in [0.25, 0.3) is 5.24 Å². The summed E-state index contributed by atoms with van der Waals surface area (Å²) in [5, 5.41) is 21.5. The van der Waals surface area contributed by atoms with Gasteiger partial charge in [-0.3, -0.25) is 14.5 Å². The van der Waals surface area contributed by atoms with E-state index in [1.54, 1.807) is 6.08 Å². The summed E-state index contributed by atoms with van der Waals surface area (Å²) in [7, 11) is 1.38. The van der Waals surface area contributed by atoms with Crippen LogP contribution >= 0.6 is 11.8 Å². The van der Waals surface area contributed by atoms with Gasteiger partial charge in [0, 0.05) is 33.0 Å². The van der Waals surface area contributed by atoms with Crippen LogP contribution in [0.5, 0.6) is 0 Å². The number of halogens is 2. The van der Waals surface area contributed by atoms with Gasteiger partial charge in [0.05, 0.1) is 16.7 Å². The molecule has 7 nitrogen and oxygen atoms in total. The Morgan fingerprint density at radius 2 is 1.43 bits per heavy atom. The minimum Gasteiger partial charge on any atom is -0.479 e. The molecule has 1 saturated heterocycles. The van der Waals surface area contributed by atoms with Gasteiger partial charge in [-0.1, -0.05) is 132 Å². The van der Waals surface area contributed by atoms with Crippen molar-refractivity contribution in [2.45, 2.75) is 127 Å². The van der Waals surface area contributed by atoms with Crippen molar-refractivity contribution in [2.24, 2.45) is 11.8 Å². The van der Waals surface area contributed by atoms with Crippen molar-refractivity contribution in [1.29, 1.82) is 0 Å². The van der Waals surface area contributed by atoms with Crippen LogP contribution in [0, 0.1) is 11.8 Å². The van der Waals surface area contributed by atoms with Gasteiger partial charge in [0.1, 0.15) is 0 Å². The summed E-state index contributed by atoms with van der Waals surface area (Å²) in [5.74, 6) is -6.88. The molecule has 0 radical (unpaired) electrons. The van der Waals surface area contributed by atoms with Gasteiger partial charge >= 0.3 is 5.97 Å². The second kappa shape index (κ2) is 20.2. The van der Waals surface area contributed by atoms with Crippen LogP contribution < -0.4 is 0 Å². The zero-order valence-corrected chi connectivity index (χ0v) is 31.5. The number of methoxy groups -OCH3 is 1. The summed E-state index contributed by atoms with van der Waals surface area (Å²) in [6.45, 7) is 5.82. The summed E-state index contributed by atoms with van der Waals surface area (Å²) < 4.78 is 32.8. The molecule has 2 aromatic rings. The van der Waals surface area contributed by atoms with Crippen LogP contribution in [0.25, 0.3) is 0 Å². The number of ether oxygens (including phenoxy) is 1. The summed E-state index contributed by atoms with van der Waals surface area (Å²) in [4.78, 5) is 42.6. The molecule has 0 aliphatic carbocycles. The molecule has 2 N–H and O–H groups in total. The zero-order chi connectivity index (χ0) is 37.5. The lowest BCUT2D eigenvalue weighted by molar-refractivity contribution is -0.170. The smallest absolute Gasteiger partial charge is 0.336 e. The van der Waals surface area contributed by atoms with Crippen molar-refractivity contribution in [3.05, 3.63) is 83.9 Å². The maximum atomic E-state index is 14.7. The summed E-state index contributed by atoms with van der Waals surface area (Å²) in [5.41, 5.74) is -0.898. The fraction of sp³-hybridized carbons (Fsp3) is 0.585. The molecule has 3 atom stereocenters. The molecule has 1 fully saturated rings. The van der Waals surface area contributed by atoms with Crippen molar-refractivity contribution in [2.75, 3.05) is 13.7 Å². The van der Waals surface area contributed by atoms with E-state index in [4.69, 9.17) is 4.74 Å². The molecule has 0 bridgehead atoms. The molecule has 10 heteroatoms. The molecule has 0 unspecified atom stereocenters. The topological polar surface area (TPSA) is 104 Å². The van der Waals surface area contributed by atoms with Crippen LogP contribution in [0.4, 0.5) is 13.6 Å². The van der Waals surface area contributed by atoms with Gasteiger partial charge in [0.15, 0.2) is 5.60 Å². The second-order valence-corrected chi connectivity index (χ2v) is 15.3. The molecular weight excluding hydrogens is 673 g/mol. The summed E-state index contributed by atoms with van der Waals surface area (Å²) >= 11 is 1.03. The number of carboxylic acid groups (broad SMARTS) is 1. The standard InChI is InChI=1S/C41H57F2NO6S/c1-5-6-7-11-20-27-39(42,43)28-21-12-9-8-10-19-26-34(40(49,37(46)47)29-30-50-4)36(45)44-35(31(2)3)41(51-38(44)48,32-22-15-13-16-23-32)33-24-17-14-18-25-33/h13-19,22-26,31,34-35,49H,5-12,20-21,27-30H2,1-4H3,(H,46,47)/b26-19+/t34-,35+,40+/m1/s1. The van der Waals surface area contributed by atoms with E-state index in [0.29, 0.717) is 38.5 Å². The summed E-state index contributed by atoms with van der Waals surface area (Å²) in [6.07, 6.45) is 9.84. The largest absolute Gasteiger partial charge is 0.479 e. The first kappa shape index (κ1) is 42.3. The Bertz CT molecular complexity index is 1370. The highest BCUT2D eigenvalue weighted by atomic mass is 32.2. The van der Waals surface area contributed by atoms with Crippen molar-refractivity contribution in [1.82, 2.24) is 4.90 Å². The van der Waals surface area contributed by atoms with E-state index >= 15 is 0 Å². The minimum absolute atomic E-state index is 0.0715. The van der Waals surface area contributed by atoms with Gasteiger partial charge in [-0.05, 0) is 54.5 Å². The fourth-order valence-electron chi connectivity index (χ4n) is 7.13. The number of amides is 2. The molecule has 0 aromatic heterocycles. The highest BCUT2D eigenvalue weighted by Crippen LogP contribution is 2.56. The van der Waals surface area contributed by atoms with Crippen molar-refractivity contribution in [3.63, 3.8) is 0 Å². The Morgan fingerprint density at radius 1 is 0.902 bits per heavy atom. The van der Waals surface area contributed by atoms with E-state index in [1.165, 1.54) is 13.2 Å². The average molecular weight is 730 g/mol. The van der Waals surface area contributed by atoms with E-state index in [9.17, 15) is 33.4 Å². The Morgan fingerprint density at radius 3 is 1.92 bits per heavy atom. The van der Waals surface area contributed by atoms with E-state index in [0.717, 1.165) is 53.5 Å². The Hall–Kier alpha value is -3.08. The number of aliphatic hydroxyl groups is 1. The number of hydrogen-bond acceptors (Lipinski definition) is 6. The van der Waals surface area contributed by atoms with Gasteiger partial charge < -0.3 is 14.9 Å². The van der Waals surface area contributed by atoms with Crippen LogP contribution in [-0.4, -0.2) is 63.5 Å². The number of alkyl halides is 2. The van der Waals surface area contributed by atoms with Crippen LogP contribution in [0.1, 0.15) is 115 Å². The third kappa shape index (κ3) is 11.0. The SMILES string of the molecule is CCCCCCCC(F)(F)CCCCCC/C=C/[C@H](C(=O)N1C(=O)SC(c2ccccc2)(c2ccccc2)[C@@H]1C(C)C)[C@@](O)(CCOC)C(=O)O. The zero-order valence-electron chi connectivity index (χ0n) is 30.7. The van der Waals surface area contributed by atoms with Crippen LogP contribution in [0.3, 0.4) is 0 Å². The second-order valence-electron chi connectivity index (χ2n) is 14.1. The molecular formula is C41H57F2NO6S. The number of carbonyl (C=O) groups excluding carboxylic acids is 2. The number of rotatable bonds is 23. The monoisotopic (exact) mass is 729 g/mol. The quantitative estimate of drug-likeness (QED) is 0.0867. The van der Waals surface area contributed by atoms with E-state index in [-0.39, 0.29) is 31.8 Å². The van der Waals surface area contributed by atoms with Gasteiger partial charge in [-0.2, -0.15) is 0 Å². The van der Waals surface area contributed by atoms with Crippen LogP contribution in [0.2, 0.25) is 0 Å². The number of hydrogen-bond donors (Lipinski definition) is 2. The third-order valence-electron chi connectivity index (χ3n) is 9.89. The number of allylic oxidation sites excluding steroid dienone is 1. The van der Waals surface area contributed by atoms with E-state index in [2.05, 4.69) is 6.92 Å². The maximum absolute atomic E-state index is 14.7. The van der Waals surface area contributed by atoms with Crippen molar-refractivity contribution in [3.8, 4) is 0 Å². The normalized spacial score (nSPS) is 18.0. The Balaban J connectivity index is 1.82. The number of carboxylic acids is 1. The molecule has 282 valence electrons. The number of benzene rings is 2. The number of nitrogens with zero attached hydrogens (tertiary/aromatic N) is 1. The van der Waals surface area contributed by atoms with Crippen LogP contribution in [0.15, 0.2) is 72.8 Å². The fourth-order valence-corrected chi connectivity index (χ4v) is 8.71. The van der Waals surface area contributed by atoms with Crippen molar-refractivity contribution < 1.29 is 38.1 Å². The Labute approximate surface area is 307 Å². The lowest BCUT2D eigenvalue weighted by atomic mass is 9.77. The molecule has 3 rings (SSSR count). The highest BCUT2D eigenvalue weighted by Gasteiger charge is 2.60. The predicted octanol–water partition coefficient (Wildman–Crippen LogP) is 10.0. The molecule has 1 heterocycles.